The molecule has 314 valence electrons. The smallest absolute Gasteiger partial charge is 0.462 e. The van der Waals surface area contributed by atoms with Gasteiger partial charge in [0.05, 0.1) is 13.2 Å². The van der Waals surface area contributed by atoms with Crippen molar-refractivity contribution < 1.29 is 37.6 Å². The van der Waals surface area contributed by atoms with E-state index in [1.807, 2.05) is 0 Å². The van der Waals surface area contributed by atoms with Gasteiger partial charge >= 0.3 is 19.8 Å². The van der Waals surface area contributed by atoms with E-state index in [0.717, 1.165) is 64.2 Å². The van der Waals surface area contributed by atoms with E-state index in [1.54, 1.807) is 7.05 Å². The second-order valence-corrected chi connectivity index (χ2v) is 15.6. The summed E-state index contributed by atoms with van der Waals surface area (Å²) in [5.74, 6) is -0.832. The Kier molecular flexibility index (Phi) is 39.1. The van der Waals surface area contributed by atoms with Gasteiger partial charge in [0.25, 0.3) is 0 Å². The van der Waals surface area contributed by atoms with E-state index >= 15 is 0 Å². The summed E-state index contributed by atoms with van der Waals surface area (Å²) in [5.41, 5.74) is 0. The molecule has 10 heteroatoms. The molecule has 0 spiro atoms. The van der Waals surface area contributed by atoms with Crippen LogP contribution in [0.25, 0.3) is 0 Å². The summed E-state index contributed by atoms with van der Waals surface area (Å²) in [6.45, 7) is 4.09. The number of carbonyl (C=O) groups is 2. The fraction of sp³-hybridized carbons (Fsp3) is 0.773. The van der Waals surface area contributed by atoms with Gasteiger partial charge in [0.15, 0.2) is 6.10 Å². The number of carbonyl (C=O) groups excluding carboxylic acids is 2. The summed E-state index contributed by atoms with van der Waals surface area (Å²) in [6, 6.07) is 0. The minimum absolute atomic E-state index is 0.0215. The van der Waals surface area contributed by atoms with E-state index in [1.165, 1.54) is 77.0 Å². The molecule has 0 bridgehead atoms. The van der Waals surface area contributed by atoms with Crippen LogP contribution in [0.15, 0.2) is 48.6 Å². The van der Waals surface area contributed by atoms with Gasteiger partial charge in [0.1, 0.15) is 6.61 Å². The number of phosphoric acid groups is 1. The molecule has 2 atom stereocenters. The Morgan fingerprint density at radius 3 is 1.57 bits per heavy atom. The SMILES string of the molecule is CC/C=C\C/C=C\C/C=C\C/C=C\CCCCCCC(=O)OCC(COP(=O)(O)OCCNC)OC(=O)CCCCCCCCCCCCCCCCC. The van der Waals surface area contributed by atoms with E-state index in [9.17, 15) is 19.0 Å². The third-order valence-corrected chi connectivity index (χ3v) is 9.95. The molecule has 0 aromatic carbocycles. The highest BCUT2D eigenvalue weighted by atomic mass is 31.2. The van der Waals surface area contributed by atoms with Crippen molar-refractivity contribution in [3.8, 4) is 0 Å². The highest BCUT2D eigenvalue weighted by molar-refractivity contribution is 7.47. The zero-order valence-electron chi connectivity index (χ0n) is 34.7. The molecule has 0 radical (unpaired) electrons. The lowest BCUT2D eigenvalue weighted by atomic mass is 10.0. The van der Waals surface area contributed by atoms with Crippen molar-refractivity contribution in [1.82, 2.24) is 5.32 Å². The zero-order valence-corrected chi connectivity index (χ0v) is 35.6. The summed E-state index contributed by atoms with van der Waals surface area (Å²) in [5, 5.41) is 2.82. The molecule has 0 aromatic rings. The number of rotatable bonds is 40. The maximum Gasteiger partial charge on any atom is 0.472 e. The molecule has 0 saturated heterocycles. The maximum absolute atomic E-state index is 12.6. The van der Waals surface area contributed by atoms with Gasteiger partial charge in [0, 0.05) is 19.4 Å². The first kappa shape index (κ1) is 52.0. The standard InChI is InChI=1S/C44H80NO8P/c1-4-6-8-10-12-14-16-18-20-21-23-24-26-28-30-32-34-36-43(46)50-40-42(41-52-54(48,49)51-39-38-45-3)53-44(47)37-35-33-31-29-27-25-22-19-17-15-13-11-9-7-5-2/h6,8,12,14,18,20,23-24,42,45H,4-5,7,9-11,13,15-17,19,21-22,25-41H2,1-3H3,(H,48,49)/b8-6-,14-12-,20-18-,24-23-. The van der Waals surface area contributed by atoms with E-state index in [0.29, 0.717) is 19.4 Å². The molecule has 2 N–H and O–H groups in total. The Labute approximate surface area is 330 Å². The minimum atomic E-state index is -4.35. The Morgan fingerprint density at radius 1 is 0.593 bits per heavy atom. The number of ether oxygens (including phenoxy) is 2. The normalized spacial score (nSPS) is 13.8. The van der Waals surface area contributed by atoms with E-state index in [2.05, 4.69) is 67.8 Å². The number of allylic oxidation sites excluding steroid dienone is 8. The van der Waals surface area contributed by atoms with Gasteiger partial charge < -0.3 is 19.7 Å². The van der Waals surface area contributed by atoms with Crippen LogP contribution in [0.2, 0.25) is 0 Å². The van der Waals surface area contributed by atoms with Crippen molar-refractivity contribution in [3.05, 3.63) is 48.6 Å². The molecule has 0 aliphatic carbocycles. The van der Waals surface area contributed by atoms with Crippen molar-refractivity contribution in [2.24, 2.45) is 0 Å². The van der Waals surface area contributed by atoms with Gasteiger partial charge in [-0.25, -0.2) is 4.57 Å². The molecular formula is C44H80NO8P. The van der Waals surface area contributed by atoms with Crippen LogP contribution in [-0.4, -0.2) is 56.3 Å². The molecule has 0 aliphatic rings. The average molecular weight is 782 g/mol. The lowest BCUT2D eigenvalue weighted by Crippen LogP contribution is -2.29. The van der Waals surface area contributed by atoms with Crippen molar-refractivity contribution in [2.75, 3.05) is 33.4 Å². The lowest BCUT2D eigenvalue weighted by Gasteiger charge is -2.20. The summed E-state index contributed by atoms with van der Waals surface area (Å²) in [4.78, 5) is 35.0. The number of esters is 2. The molecule has 0 rings (SSSR count). The van der Waals surface area contributed by atoms with Gasteiger partial charge in [-0.05, 0) is 58.4 Å². The summed E-state index contributed by atoms with van der Waals surface area (Å²) in [6.07, 6.45) is 44.4. The third-order valence-electron chi connectivity index (χ3n) is 8.96. The second kappa shape index (κ2) is 40.6. The summed E-state index contributed by atoms with van der Waals surface area (Å²) in [7, 11) is -2.66. The number of hydrogen-bond donors (Lipinski definition) is 2. The summed E-state index contributed by atoms with van der Waals surface area (Å²) < 4.78 is 33.2. The molecule has 9 nitrogen and oxygen atoms in total. The lowest BCUT2D eigenvalue weighted by molar-refractivity contribution is -0.161. The summed E-state index contributed by atoms with van der Waals surface area (Å²) >= 11 is 0. The predicted octanol–water partition coefficient (Wildman–Crippen LogP) is 12.2. The van der Waals surface area contributed by atoms with Gasteiger partial charge in [-0.1, -0.05) is 165 Å². The van der Waals surface area contributed by atoms with Gasteiger partial charge in [-0.3, -0.25) is 18.6 Å². The molecule has 0 fully saturated rings. The van der Waals surface area contributed by atoms with Crippen LogP contribution in [0.3, 0.4) is 0 Å². The van der Waals surface area contributed by atoms with Crippen LogP contribution in [-0.2, 0) is 32.7 Å². The third kappa shape index (κ3) is 39.7. The molecule has 0 amide bonds. The fourth-order valence-electron chi connectivity index (χ4n) is 5.72. The molecule has 54 heavy (non-hydrogen) atoms. The van der Waals surface area contributed by atoms with Crippen molar-refractivity contribution in [2.45, 2.75) is 187 Å². The van der Waals surface area contributed by atoms with Crippen LogP contribution < -0.4 is 5.32 Å². The Morgan fingerprint density at radius 2 is 1.06 bits per heavy atom. The Bertz CT molecular complexity index is 1030. The van der Waals surface area contributed by atoms with Gasteiger partial charge in [-0.2, -0.15) is 0 Å². The van der Waals surface area contributed by atoms with Gasteiger partial charge in [0.2, 0.25) is 0 Å². The largest absolute Gasteiger partial charge is 0.472 e. The Hall–Kier alpha value is -2.03. The number of unbranched alkanes of at least 4 members (excludes halogenated alkanes) is 18. The van der Waals surface area contributed by atoms with Crippen LogP contribution in [0, 0.1) is 0 Å². The van der Waals surface area contributed by atoms with Crippen LogP contribution in [0.1, 0.15) is 181 Å². The first-order valence-corrected chi connectivity index (χ1v) is 23.1. The quantitative estimate of drug-likeness (QED) is 0.0271. The van der Waals surface area contributed by atoms with E-state index in [4.69, 9.17) is 18.5 Å². The number of likely N-dealkylation sites (N-methyl/N-ethyl adjacent to an activating group) is 1. The zero-order chi connectivity index (χ0) is 39.6. The van der Waals surface area contributed by atoms with Crippen LogP contribution >= 0.6 is 7.82 Å². The van der Waals surface area contributed by atoms with Gasteiger partial charge in [-0.15, -0.1) is 0 Å². The second-order valence-electron chi connectivity index (χ2n) is 14.1. The van der Waals surface area contributed by atoms with Crippen molar-refractivity contribution in [1.29, 1.82) is 0 Å². The molecule has 0 heterocycles. The minimum Gasteiger partial charge on any atom is -0.462 e. The van der Waals surface area contributed by atoms with Crippen LogP contribution in [0.4, 0.5) is 0 Å². The van der Waals surface area contributed by atoms with Crippen molar-refractivity contribution in [3.63, 3.8) is 0 Å². The number of hydrogen-bond acceptors (Lipinski definition) is 8. The predicted molar refractivity (Wildman–Crippen MR) is 224 cm³/mol. The highest BCUT2D eigenvalue weighted by Gasteiger charge is 2.26. The maximum atomic E-state index is 12.6. The van der Waals surface area contributed by atoms with Crippen LogP contribution in [0.5, 0.6) is 0 Å². The first-order chi connectivity index (χ1) is 26.3. The Balaban J connectivity index is 4.26. The topological polar surface area (TPSA) is 120 Å². The molecule has 0 aliphatic heterocycles. The fourth-order valence-corrected chi connectivity index (χ4v) is 6.47. The average Bonchev–Trinajstić information content (AvgIpc) is 3.15. The highest BCUT2D eigenvalue weighted by Crippen LogP contribution is 2.43. The molecule has 0 aromatic heterocycles. The monoisotopic (exact) mass is 782 g/mol. The number of nitrogens with one attached hydrogen (secondary N) is 1. The van der Waals surface area contributed by atoms with E-state index < -0.39 is 32.5 Å². The molecule has 2 unspecified atom stereocenters. The molecule has 0 saturated carbocycles. The van der Waals surface area contributed by atoms with Crippen molar-refractivity contribution >= 4 is 19.8 Å². The molecular weight excluding hydrogens is 701 g/mol. The van der Waals surface area contributed by atoms with E-state index in [-0.39, 0.29) is 26.1 Å². The first-order valence-electron chi connectivity index (χ1n) is 21.6. The number of phosphoric ester groups is 1.